The maximum absolute atomic E-state index is 11.2. The highest BCUT2D eigenvalue weighted by Crippen LogP contribution is 2.23. The van der Waals surface area contributed by atoms with E-state index in [1.54, 1.807) is 11.3 Å². The van der Waals surface area contributed by atoms with Gasteiger partial charge in [-0.3, -0.25) is 9.20 Å². The Morgan fingerprint density at radius 2 is 2.39 bits per heavy atom. The fraction of sp³-hybridized carbons (Fsp3) is 0.538. The van der Waals surface area contributed by atoms with Crippen molar-refractivity contribution < 1.29 is 9.53 Å². The molecule has 0 saturated carbocycles. The molecule has 0 fully saturated rings. The average Bonchev–Trinajstić information content (AvgIpc) is 2.95. The highest BCUT2D eigenvalue weighted by Gasteiger charge is 2.12. The van der Waals surface area contributed by atoms with Crippen LogP contribution in [0.3, 0.4) is 0 Å². The summed E-state index contributed by atoms with van der Waals surface area (Å²) >= 11 is 1.62. The molecule has 1 atom stereocenters. The molecule has 2 aromatic heterocycles. The molecule has 2 aromatic rings. The van der Waals surface area contributed by atoms with E-state index in [2.05, 4.69) is 39.5 Å². The minimum atomic E-state index is -0.170. The van der Waals surface area contributed by atoms with E-state index < -0.39 is 0 Å². The molecule has 0 aromatic carbocycles. The van der Waals surface area contributed by atoms with Gasteiger partial charge < -0.3 is 4.74 Å². The van der Waals surface area contributed by atoms with E-state index in [0.29, 0.717) is 18.8 Å². The van der Waals surface area contributed by atoms with E-state index in [1.165, 1.54) is 7.11 Å². The Balaban J connectivity index is 2.19. The zero-order chi connectivity index (χ0) is 13.1. The first-order chi connectivity index (χ1) is 8.65. The molecule has 18 heavy (non-hydrogen) atoms. The van der Waals surface area contributed by atoms with Crippen LogP contribution in [0.2, 0.25) is 0 Å². The zero-order valence-corrected chi connectivity index (χ0v) is 11.8. The van der Waals surface area contributed by atoms with Crippen LogP contribution in [0, 0.1) is 0 Å². The lowest BCUT2D eigenvalue weighted by Crippen LogP contribution is -2.03. The molecule has 0 spiro atoms. The van der Waals surface area contributed by atoms with Gasteiger partial charge in [-0.15, -0.1) is 11.3 Å². The minimum absolute atomic E-state index is 0.170. The van der Waals surface area contributed by atoms with Crippen molar-refractivity contribution in [2.24, 2.45) is 0 Å². The molecule has 2 rings (SSSR count). The molecule has 0 aliphatic heterocycles. The summed E-state index contributed by atoms with van der Waals surface area (Å²) in [6.45, 7) is 4.34. The molecule has 0 N–H and O–H groups in total. The Kier molecular flexibility index (Phi) is 4.01. The van der Waals surface area contributed by atoms with Gasteiger partial charge >= 0.3 is 5.97 Å². The van der Waals surface area contributed by atoms with Crippen molar-refractivity contribution in [2.75, 3.05) is 7.11 Å². The summed E-state index contributed by atoms with van der Waals surface area (Å²) in [5, 5.41) is 2.06. The normalized spacial score (nSPS) is 12.8. The maximum atomic E-state index is 11.2. The van der Waals surface area contributed by atoms with Gasteiger partial charge in [0.1, 0.15) is 0 Å². The number of carbonyl (C=O) groups is 1. The van der Waals surface area contributed by atoms with E-state index in [1.807, 2.05) is 0 Å². The highest BCUT2D eigenvalue weighted by atomic mass is 32.1. The van der Waals surface area contributed by atoms with Crippen molar-refractivity contribution in [3.63, 3.8) is 0 Å². The third-order valence-electron chi connectivity index (χ3n) is 3.23. The van der Waals surface area contributed by atoms with Crippen LogP contribution in [0.1, 0.15) is 44.0 Å². The first kappa shape index (κ1) is 13.1. The van der Waals surface area contributed by atoms with Gasteiger partial charge in [0.25, 0.3) is 0 Å². The molecule has 4 nitrogen and oxygen atoms in total. The van der Waals surface area contributed by atoms with Crippen molar-refractivity contribution >= 4 is 22.3 Å². The number of methoxy groups -OCH3 is 1. The summed E-state index contributed by atoms with van der Waals surface area (Å²) < 4.78 is 6.75. The molecular formula is C13H18N2O2S. The summed E-state index contributed by atoms with van der Waals surface area (Å²) in [5.74, 6) is 0.308. The predicted octanol–water partition coefficient (Wildman–Crippen LogP) is 3.01. The number of ether oxygens (including phenoxy) is 1. The molecule has 0 aliphatic carbocycles. The van der Waals surface area contributed by atoms with Gasteiger partial charge in [-0.2, -0.15) is 0 Å². The van der Waals surface area contributed by atoms with Crippen LogP contribution in [0.4, 0.5) is 0 Å². The number of fused-ring (bicyclic) bond motifs is 1. The second-order valence-corrected chi connectivity index (χ2v) is 5.27. The van der Waals surface area contributed by atoms with Gasteiger partial charge in [-0.05, 0) is 18.8 Å². The van der Waals surface area contributed by atoms with Gasteiger partial charge in [0.2, 0.25) is 0 Å². The van der Waals surface area contributed by atoms with Crippen molar-refractivity contribution in [3.8, 4) is 0 Å². The van der Waals surface area contributed by atoms with Crippen molar-refractivity contribution in [2.45, 2.75) is 39.0 Å². The molecule has 0 aliphatic rings. The van der Waals surface area contributed by atoms with Crippen molar-refractivity contribution in [1.29, 1.82) is 0 Å². The topological polar surface area (TPSA) is 43.6 Å². The molecular weight excluding hydrogens is 248 g/mol. The largest absolute Gasteiger partial charge is 0.469 e. The van der Waals surface area contributed by atoms with Gasteiger partial charge in [-0.25, -0.2) is 4.98 Å². The standard InChI is InChI=1S/C13H18N2O2S/c1-4-9(2)11-7-15-10(5-6-12(16)17-3)8-18-13(15)14-11/h7-9H,4-6H2,1-3H3. The lowest BCUT2D eigenvalue weighted by molar-refractivity contribution is -0.140. The summed E-state index contributed by atoms with van der Waals surface area (Å²) in [6.07, 6.45) is 4.29. The Hall–Kier alpha value is -1.36. The molecule has 5 heteroatoms. The molecule has 0 amide bonds. The quantitative estimate of drug-likeness (QED) is 0.781. The Morgan fingerprint density at radius 3 is 3.06 bits per heavy atom. The first-order valence-electron chi connectivity index (χ1n) is 6.17. The van der Waals surface area contributed by atoms with Crippen LogP contribution in [0.25, 0.3) is 4.96 Å². The maximum Gasteiger partial charge on any atom is 0.305 e. The third kappa shape index (κ3) is 2.56. The van der Waals surface area contributed by atoms with Crippen molar-refractivity contribution in [3.05, 3.63) is 23.0 Å². The van der Waals surface area contributed by atoms with Crippen LogP contribution < -0.4 is 0 Å². The molecule has 2 heterocycles. The Bertz CT molecular complexity index is 544. The van der Waals surface area contributed by atoms with E-state index in [9.17, 15) is 4.79 Å². The Morgan fingerprint density at radius 1 is 1.61 bits per heavy atom. The molecule has 98 valence electrons. The van der Waals surface area contributed by atoms with Crippen LogP contribution >= 0.6 is 11.3 Å². The number of carbonyl (C=O) groups excluding carboxylic acids is 1. The lowest BCUT2D eigenvalue weighted by Gasteiger charge is -2.02. The Labute approximate surface area is 111 Å². The molecule has 0 bridgehead atoms. The number of rotatable bonds is 5. The summed E-state index contributed by atoms with van der Waals surface area (Å²) in [5.41, 5.74) is 2.26. The summed E-state index contributed by atoms with van der Waals surface area (Å²) in [4.78, 5) is 16.8. The van der Waals surface area contributed by atoms with Gasteiger partial charge in [-0.1, -0.05) is 13.8 Å². The van der Waals surface area contributed by atoms with Gasteiger partial charge in [0.15, 0.2) is 4.96 Å². The van der Waals surface area contributed by atoms with E-state index in [0.717, 1.165) is 22.8 Å². The van der Waals surface area contributed by atoms with Crippen LogP contribution in [0.5, 0.6) is 0 Å². The van der Waals surface area contributed by atoms with Gasteiger partial charge in [0, 0.05) is 17.3 Å². The lowest BCUT2D eigenvalue weighted by atomic mass is 10.1. The summed E-state index contributed by atoms with van der Waals surface area (Å²) in [6, 6.07) is 0. The van der Waals surface area contributed by atoms with Crippen LogP contribution in [0.15, 0.2) is 11.6 Å². The first-order valence-corrected chi connectivity index (χ1v) is 7.05. The smallest absolute Gasteiger partial charge is 0.305 e. The van der Waals surface area contributed by atoms with E-state index in [-0.39, 0.29) is 5.97 Å². The van der Waals surface area contributed by atoms with Crippen LogP contribution in [-0.4, -0.2) is 22.5 Å². The number of nitrogens with zero attached hydrogens (tertiary/aromatic N) is 2. The number of aryl methyl sites for hydroxylation is 1. The molecule has 0 saturated heterocycles. The van der Waals surface area contributed by atoms with E-state index >= 15 is 0 Å². The summed E-state index contributed by atoms with van der Waals surface area (Å²) in [7, 11) is 1.42. The van der Waals surface area contributed by atoms with E-state index in [4.69, 9.17) is 0 Å². The second-order valence-electron chi connectivity index (χ2n) is 4.43. The second kappa shape index (κ2) is 5.52. The number of esters is 1. The van der Waals surface area contributed by atoms with Crippen molar-refractivity contribution in [1.82, 2.24) is 9.38 Å². The molecule has 1 unspecified atom stereocenters. The number of aromatic nitrogens is 2. The fourth-order valence-electron chi connectivity index (χ4n) is 1.81. The number of hydrogen-bond donors (Lipinski definition) is 0. The monoisotopic (exact) mass is 266 g/mol. The average molecular weight is 266 g/mol. The highest BCUT2D eigenvalue weighted by molar-refractivity contribution is 7.15. The number of hydrogen-bond acceptors (Lipinski definition) is 4. The SMILES string of the molecule is CCC(C)c1cn2c(CCC(=O)OC)csc2n1. The molecule has 0 radical (unpaired) electrons. The van der Waals surface area contributed by atoms with Crippen LogP contribution in [-0.2, 0) is 16.0 Å². The number of imidazole rings is 1. The predicted molar refractivity (Wildman–Crippen MR) is 72.1 cm³/mol. The zero-order valence-electron chi connectivity index (χ0n) is 11.0. The number of thiazole rings is 1. The third-order valence-corrected chi connectivity index (χ3v) is 4.12. The van der Waals surface area contributed by atoms with Gasteiger partial charge in [0.05, 0.1) is 19.2 Å². The fourth-order valence-corrected chi connectivity index (χ4v) is 2.72. The minimum Gasteiger partial charge on any atom is -0.469 e.